The minimum absolute atomic E-state index is 0.0111. The summed E-state index contributed by atoms with van der Waals surface area (Å²) < 4.78 is 1.25. The fraction of sp³-hybridized carbons (Fsp3) is 0.667. The van der Waals surface area contributed by atoms with Gasteiger partial charge in [-0.3, -0.25) is 4.79 Å². The van der Waals surface area contributed by atoms with Crippen LogP contribution in [0.4, 0.5) is 0 Å². The number of nitrogens with zero attached hydrogens (tertiary/aromatic N) is 4. The molecular weight excluding hydrogens is 248 g/mol. The molecule has 1 heterocycles. The molecule has 1 saturated carbocycles. The van der Waals surface area contributed by atoms with E-state index in [9.17, 15) is 9.59 Å². The number of rotatable bonds is 5. The smallest absolute Gasteiger partial charge is 0.358 e. The summed E-state index contributed by atoms with van der Waals surface area (Å²) in [6, 6.07) is 0.169. The van der Waals surface area contributed by atoms with Crippen molar-refractivity contribution in [2.45, 2.75) is 39.3 Å². The van der Waals surface area contributed by atoms with Gasteiger partial charge in [0.25, 0.3) is 0 Å². The first kappa shape index (κ1) is 13.5. The Kier molecular flexibility index (Phi) is 3.30. The molecule has 1 unspecified atom stereocenters. The predicted octanol–water partition coefficient (Wildman–Crippen LogP) is 0.623. The molecule has 104 valence electrons. The maximum atomic E-state index is 12.1. The van der Waals surface area contributed by atoms with Crippen molar-refractivity contribution < 1.29 is 14.7 Å². The van der Waals surface area contributed by atoms with E-state index in [1.165, 1.54) is 10.9 Å². The number of aromatic carboxylic acids is 1. The fourth-order valence-electron chi connectivity index (χ4n) is 2.02. The summed E-state index contributed by atoms with van der Waals surface area (Å²) in [7, 11) is 1.77. The number of carboxylic acids is 1. The molecule has 1 aliphatic carbocycles. The predicted molar refractivity (Wildman–Crippen MR) is 66.6 cm³/mol. The fourth-order valence-corrected chi connectivity index (χ4v) is 2.02. The minimum atomic E-state index is -1.15. The van der Waals surface area contributed by atoms with Gasteiger partial charge in [-0.2, -0.15) is 0 Å². The van der Waals surface area contributed by atoms with Crippen LogP contribution in [0.5, 0.6) is 0 Å². The van der Waals surface area contributed by atoms with E-state index in [-0.39, 0.29) is 29.6 Å². The Labute approximate surface area is 111 Å². The lowest BCUT2D eigenvalue weighted by molar-refractivity contribution is -0.133. The third-order valence-corrected chi connectivity index (χ3v) is 4.08. The van der Waals surface area contributed by atoms with E-state index in [0.717, 1.165) is 12.8 Å². The van der Waals surface area contributed by atoms with Crippen molar-refractivity contribution in [3.8, 4) is 0 Å². The molecule has 0 aromatic carbocycles. The van der Waals surface area contributed by atoms with Crippen LogP contribution in [0.15, 0.2) is 6.20 Å². The number of carboxylic acid groups (broad SMARTS) is 1. The highest BCUT2D eigenvalue weighted by molar-refractivity contribution is 5.84. The molecule has 1 aromatic rings. The summed E-state index contributed by atoms with van der Waals surface area (Å²) in [6.45, 7) is 4.21. The number of carbonyl (C=O) groups excluding carboxylic acids is 1. The van der Waals surface area contributed by atoms with Crippen molar-refractivity contribution in [3.05, 3.63) is 11.9 Å². The van der Waals surface area contributed by atoms with E-state index < -0.39 is 5.97 Å². The van der Waals surface area contributed by atoms with Gasteiger partial charge in [0.05, 0.1) is 6.20 Å². The standard InChI is InChI=1S/C12H18N4O3/c1-8(12(2)4-5-12)15(3)10(17)7-16-6-9(11(18)19)13-14-16/h6,8H,4-5,7H2,1-3H3,(H,18,19). The third kappa shape index (κ3) is 2.74. The van der Waals surface area contributed by atoms with Crippen molar-refractivity contribution >= 4 is 11.9 Å². The number of aromatic nitrogens is 3. The molecule has 1 atom stereocenters. The molecular formula is C12H18N4O3. The lowest BCUT2D eigenvalue weighted by Crippen LogP contribution is -2.41. The summed E-state index contributed by atoms with van der Waals surface area (Å²) in [5, 5.41) is 15.8. The molecule has 7 heteroatoms. The molecule has 1 aromatic heterocycles. The Morgan fingerprint density at radius 3 is 2.68 bits per heavy atom. The van der Waals surface area contributed by atoms with Gasteiger partial charge in [0.2, 0.25) is 5.91 Å². The molecule has 0 radical (unpaired) electrons. The molecule has 1 fully saturated rings. The zero-order chi connectivity index (χ0) is 14.2. The molecule has 1 N–H and O–H groups in total. The van der Waals surface area contributed by atoms with E-state index in [1.54, 1.807) is 11.9 Å². The normalized spacial score (nSPS) is 17.8. The average Bonchev–Trinajstić information content (AvgIpc) is 2.93. The Hall–Kier alpha value is -1.92. The van der Waals surface area contributed by atoms with Crippen LogP contribution in [-0.4, -0.2) is 50.0 Å². The molecule has 1 amide bonds. The van der Waals surface area contributed by atoms with Crippen molar-refractivity contribution in [1.29, 1.82) is 0 Å². The summed E-state index contributed by atoms with van der Waals surface area (Å²) in [5.74, 6) is -1.24. The quantitative estimate of drug-likeness (QED) is 0.844. The Morgan fingerprint density at radius 2 is 2.21 bits per heavy atom. The van der Waals surface area contributed by atoms with Gasteiger partial charge in [0.1, 0.15) is 6.54 Å². The lowest BCUT2D eigenvalue weighted by atomic mass is 9.99. The molecule has 2 rings (SSSR count). The lowest BCUT2D eigenvalue weighted by Gasteiger charge is -2.30. The van der Waals surface area contributed by atoms with Crippen LogP contribution in [-0.2, 0) is 11.3 Å². The minimum Gasteiger partial charge on any atom is -0.476 e. The summed E-state index contributed by atoms with van der Waals surface area (Å²) in [5.41, 5.74) is 0.0663. The van der Waals surface area contributed by atoms with Gasteiger partial charge in [-0.25, -0.2) is 9.48 Å². The van der Waals surface area contributed by atoms with Gasteiger partial charge in [0, 0.05) is 13.1 Å². The van der Waals surface area contributed by atoms with E-state index in [1.807, 2.05) is 6.92 Å². The van der Waals surface area contributed by atoms with Gasteiger partial charge >= 0.3 is 5.97 Å². The molecule has 0 aliphatic heterocycles. The maximum absolute atomic E-state index is 12.1. The molecule has 0 saturated heterocycles. The molecule has 1 aliphatic rings. The SMILES string of the molecule is CC(N(C)C(=O)Cn1cc(C(=O)O)nn1)C1(C)CC1. The van der Waals surface area contributed by atoms with E-state index >= 15 is 0 Å². The average molecular weight is 266 g/mol. The molecule has 19 heavy (non-hydrogen) atoms. The summed E-state index contributed by atoms with van der Waals surface area (Å²) >= 11 is 0. The Bertz CT molecular complexity index is 507. The van der Waals surface area contributed by atoms with Crippen molar-refractivity contribution in [2.24, 2.45) is 5.41 Å². The topological polar surface area (TPSA) is 88.3 Å². The van der Waals surface area contributed by atoms with Gasteiger partial charge in [0.15, 0.2) is 5.69 Å². The van der Waals surface area contributed by atoms with Gasteiger partial charge in [-0.15, -0.1) is 5.10 Å². The first-order valence-corrected chi connectivity index (χ1v) is 6.22. The van der Waals surface area contributed by atoms with Crippen LogP contribution in [0, 0.1) is 5.41 Å². The third-order valence-electron chi connectivity index (χ3n) is 4.08. The number of amides is 1. The Balaban J connectivity index is 1.98. The second-order valence-corrected chi connectivity index (χ2v) is 5.44. The number of carbonyl (C=O) groups is 2. The van der Waals surface area contributed by atoms with Gasteiger partial charge in [-0.05, 0) is 25.2 Å². The van der Waals surface area contributed by atoms with Crippen LogP contribution in [0.25, 0.3) is 0 Å². The highest BCUT2D eigenvalue weighted by atomic mass is 16.4. The van der Waals surface area contributed by atoms with Crippen molar-refractivity contribution in [2.75, 3.05) is 7.05 Å². The highest BCUT2D eigenvalue weighted by Crippen LogP contribution is 2.49. The van der Waals surface area contributed by atoms with E-state index in [4.69, 9.17) is 5.11 Å². The largest absolute Gasteiger partial charge is 0.476 e. The van der Waals surface area contributed by atoms with Crippen molar-refractivity contribution in [3.63, 3.8) is 0 Å². The summed E-state index contributed by atoms with van der Waals surface area (Å²) in [4.78, 5) is 24.5. The van der Waals surface area contributed by atoms with E-state index in [0.29, 0.717) is 0 Å². The monoisotopic (exact) mass is 266 g/mol. The first-order chi connectivity index (χ1) is 8.83. The van der Waals surface area contributed by atoms with Crippen LogP contribution in [0.2, 0.25) is 0 Å². The van der Waals surface area contributed by atoms with Crippen LogP contribution in [0.1, 0.15) is 37.2 Å². The van der Waals surface area contributed by atoms with Crippen LogP contribution in [0.3, 0.4) is 0 Å². The van der Waals surface area contributed by atoms with Crippen molar-refractivity contribution in [1.82, 2.24) is 19.9 Å². The number of likely N-dealkylation sites (N-methyl/N-ethyl adjacent to an activating group) is 1. The summed E-state index contributed by atoms with van der Waals surface area (Å²) in [6.07, 6.45) is 3.54. The second-order valence-electron chi connectivity index (χ2n) is 5.44. The zero-order valence-electron chi connectivity index (χ0n) is 11.3. The van der Waals surface area contributed by atoms with Gasteiger partial charge in [-0.1, -0.05) is 12.1 Å². The number of hydrogen-bond donors (Lipinski definition) is 1. The van der Waals surface area contributed by atoms with Crippen LogP contribution >= 0.6 is 0 Å². The molecule has 0 bridgehead atoms. The second kappa shape index (κ2) is 4.64. The first-order valence-electron chi connectivity index (χ1n) is 6.22. The number of hydrogen-bond acceptors (Lipinski definition) is 4. The zero-order valence-corrected chi connectivity index (χ0v) is 11.3. The highest BCUT2D eigenvalue weighted by Gasteiger charge is 2.45. The van der Waals surface area contributed by atoms with Crippen LogP contribution < -0.4 is 0 Å². The van der Waals surface area contributed by atoms with E-state index in [2.05, 4.69) is 17.2 Å². The van der Waals surface area contributed by atoms with Gasteiger partial charge < -0.3 is 10.0 Å². The molecule has 7 nitrogen and oxygen atoms in total. The molecule has 0 spiro atoms. The Morgan fingerprint density at radius 1 is 1.58 bits per heavy atom. The maximum Gasteiger partial charge on any atom is 0.358 e.